The standard InChI is InChI=1S/C18H26N2O/c1-14(18(21)19-17-7-8-17)20-11-9-16(10-12-20)13-15-5-3-2-4-6-15/h2-6,14,16-17H,7-13H2,1H3,(H,19,21). The van der Waals surface area contributed by atoms with Gasteiger partial charge in [0, 0.05) is 6.04 Å². The predicted octanol–water partition coefficient (Wildman–Crippen LogP) is 2.61. The van der Waals surface area contributed by atoms with E-state index in [1.807, 2.05) is 0 Å². The molecule has 2 aliphatic rings. The molecule has 1 aromatic carbocycles. The van der Waals surface area contributed by atoms with Crippen molar-refractivity contribution in [3.63, 3.8) is 0 Å². The van der Waals surface area contributed by atoms with Gasteiger partial charge in [-0.3, -0.25) is 9.69 Å². The van der Waals surface area contributed by atoms with E-state index in [1.54, 1.807) is 0 Å². The number of benzene rings is 1. The molecule has 3 rings (SSSR count). The largest absolute Gasteiger partial charge is 0.352 e. The zero-order valence-corrected chi connectivity index (χ0v) is 12.9. The fourth-order valence-electron chi connectivity index (χ4n) is 3.21. The third-order valence-corrected chi connectivity index (χ3v) is 4.87. The molecule has 0 bridgehead atoms. The van der Waals surface area contributed by atoms with E-state index in [-0.39, 0.29) is 11.9 Å². The Morgan fingerprint density at radius 2 is 1.86 bits per heavy atom. The molecular formula is C18H26N2O. The van der Waals surface area contributed by atoms with Crippen molar-refractivity contribution in [3.05, 3.63) is 35.9 Å². The number of hydrogen-bond acceptors (Lipinski definition) is 2. The molecule has 1 aliphatic carbocycles. The SMILES string of the molecule is CC(C(=O)NC1CC1)N1CCC(Cc2ccccc2)CC1. The number of hydrogen-bond donors (Lipinski definition) is 1. The Labute approximate surface area is 127 Å². The zero-order chi connectivity index (χ0) is 14.7. The Morgan fingerprint density at radius 1 is 1.19 bits per heavy atom. The Bertz CT molecular complexity index is 461. The van der Waals surface area contributed by atoms with Crippen LogP contribution in [-0.4, -0.2) is 36.0 Å². The van der Waals surface area contributed by atoms with Gasteiger partial charge < -0.3 is 5.32 Å². The van der Waals surface area contributed by atoms with Crippen molar-refractivity contribution in [3.8, 4) is 0 Å². The van der Waals surface area contributed by atoms with Gasteiger partial charge in [-0.05, 0) is 63.6 Å². The first kappa shape index (κ1) is 14.6. The average Bonchev–Trinajstić information content (AvgIpc) is 3.32. The van der Waals surface area contributed by atoms with Crippen LogP contribution in [0.5, 0.6) is 0 Å². The van der Waals surface area contributed by atoms with Gasteiger partial charge in [-0.25, -0.2) is 0 Å². The lowest BCUT2D eigenvalue weighted by Gasteiger charge is -2.35. The first-order valence-electron chi connectivity index (χ1n) is 8.30. The number of nitrogens with zero attached hydrogens (tertiary/aromatic N) is 1. The molecule has 1 saturated carbocycles. The van der Waals surface area contributed by atoms with Crippen LogP contribution in [0.1, 0.15) is 38.2 Å². The van der Waals surface area contributed by atoms with Gasteiger partial charge in [0.1, 0.15) is 0 Å². The highest BCUT2D eigenvalue weighted by Crippen LogP contribution is 2.24. The molecule has 1 heterocycles. The van der Waals surface area contributed by atoms with E-state index in [0.29, 0.717) is 6.04 Å². The number of carbonyl (C=O) groups is 1. The number of amides is 1. The maximum Gasteiger partial charge on any atom is 0.237 e. The minimum absolute atomic E-state index is 0.0308. The van der Waals surface area contributed by atoms with E-state index >= 15 is 0 Å². The lowest BCUT2D eigenvalue weighted by Crippen LogP contribution is -2.48. The molecule has 1 amide bonds. The quantitative estimate of drug-likeness (QED) is 0.902. The van der Waals surface area contributed by atoms with Crippen molar-refractivity contribution < 1.29 is 4.79 Å². The van der Waals surface area contributed by atoms with E-state index in [1.165, 1.54) is 24.8 Å². The summed E-state index contributed by atoms with van der Waals surface area (Å²) in [7, 11) is 0. The summed E-state index contributed by atoms with van der Waals surface area (Å²) in [5, 5.41) is 3.12. The second kappa shape index (κ2) is 6.61. The molecule has 3 nitrogen and oxygen atoms in total. The summed E-state index contributed by atoms with van der Waals surface area (Å²) in [5.74, 6) is 0.987. The van der Waals surface area contributed by atoms with Crippen molar-refractivity contribution in [2.75, 3.05) is 13.1 Å². The van der Waals surface area contributed by atoms with Gasteiger partial charge in [0.05, 0.1) is 6.04 Å². The summed E-state index contributed by atoms with van der Waals surface area (Å²) < 4.78 is 0. The minimum atomic E-state index is 0.0308. The maximum atomic E-state index is 12.1. The number of carbonyl (C=O) groups excluding carboxylic acids is 1. The maximum absolute atomic E-state index is 12.1. The lowest BCUT2D eigenvalue weighted by atomic mass is 9.89. The second-order valence-electron chi connectivity index (χ2n) is 6.63. The minimum Gasteiger partial charge on any atom is -0.352 e. The van der Waals surface area contributed by atoms with E-state index in [9.17, 15) is 4.79 Å². The van der Waals surface area contributed by atoms with E-state index in [4.69, 9.17) is 0 Å². The molecule has 1 saturated heterocycles. The highest BCUT2D eigenvalue weighted by atomic mass is 16.2. The third kappa shape index (κ3) is 4.07. The molecule has 1 unspecified atom stereocenters. The predicted molar refractivity (Wildman–Crippen MR) is 85.1 cm³/mol. The first-order valence-corrected chi connectivity index (χ1v) is 8.30. The van der Waals surface area contributed by atoms with Gasteiger partial charge in [0.15, 0.2) is 0 Å². The molecule has 0 spiro atoms. The summed E-state index contributed by atoms with van der Waals surface area (Å²) in [4.78, 5) is 14.5. The highest BCUT2D eigenvalue weighted by molar-refractivity contribution is 5.81. The molecule has 1 aliphatic heterocycles. The normalized spacial score (nSPS) is 22.0. The highest BCUT2D eigenvalue weighted by Gasteiger charge is 2.30. The van der Waals surface area contributed by atoms with Crippen LogP contribution in [-0.2, 0) is 11.2 Å². The molecule has 1 aromatic rings. The monoisotopic (exact) mass is 286 g/mol. The van der Waals surface area contributed by atoms with Crippen LogP contribution in [0.4, 0.5) is 0 Å². The molecule has 1 N–H and O–H groups in total. The fourth-order valence-corrected chi connectivity index (χ4v) is 3.21. The molecule has 0 aromatic heterocycles. The third-order valence-electron chi connectivity index (χ3n) is 4.87. The summed E-state index contributed by atoms with van der Waals surface area (Å²) in [6.45, 7) is 4.16. The molecule has 0 radical (unpaired) electrons. The number of piperidine rings is 1. The van der Waals surface area contributed by atoms with Crippen LogP contribution in [0.15, 0.2) is 30.3 Å². The Balaban J connectivity index is 1.44. The van der Waals surface area contributed by atoms with Crippen LogP contribution >= 0.6 is 0 Å². The van der Waals surface area contributed by atoms with Crippen LogP contribution in [0, 0.1) is 5.92 Å². The van der Waals surface area contributed by atoms with Gasteiger partial charge in [-0.1, -0.05) is 30.3 Å². The van der Waals surface area contributed by atoms with E-state index in [0.717, 1.165) is 31.8 Å². The molecule has 21 heavy (non-hydrogen) atoms. The van der Waals surface area contributed by atoms with Gasteiger partial charge in [-0.2, -0.15) is 0 Å². The number of rotatable bonds is 5. The Morgan fingerprint density at radius 3 is 2.48 bits per heavy atom. The van der Waals surface area contributed by atoms with Gasteiger partial charge in [-0.15, -0.1) is 0 Å². The van der Waals surface area contributed by atoms with Crippen LogP contribution < -0.4 is 5.32 Å². The van der Waals surface area contributed by atoms with Crippen molar-refractivity contribution in [1.82, 2.24) is 10.2 Å². The topological polar surface area (TPSA) is 32.3 Å². The van der Waals surface area contributed by atoms with Crippen molar-refractivity contribution in [2.24, 2.45) is 5.92 Å². The summed E-state index contributed by atoms with van der Waals surface area (Å²) in [5.41, 5.74) is 1.44. The second-order valence-corrected chi connectivity index (χ2v) is 6.63. The number of likely N-dealkylation sites (tertiary alicyclic amines) is 1. The van der Waals surface area contributed by atoms with E-state index < -0.39 is 0 Å². The number of nitrogens with one attached hydrogen (secondary N) is 1. The van der Waals surface area contributed by atoms with Crippen LogP contribution in [0.25, 0.3) is 0 Å². The van der Waals surface area contributed by atoms with Crippen molar-refractivity contribution >= 4 is 5.91 Å². The first-order chi connectivity index (χ1) is 10.2. The zero-order valence-electron chi connectivity index (χ0n) is 12.9. The summed E-state index contributed by atoms with van der Waals surface area (Å²) >= 11 is 0. The molecular weight excluding hydrogens is 260 g/mol. The van der Waals surface area contributed by atoms with E-state index in [2.05, 4.69) is 47.5 Å². The Kier molecular flexibility index (Phi) is 4.59. The van der Waals surface area contributed by atoms with Gasteiger partial charge in [0.25, 0.3) is 0 Å². The van der Waals surface area contributed by atoms with Gasteiger partial charge >= 0.3 is 0 Å². The molecule has 2 fully saturated rings. The van der Waals surface area contributed by atoms with Crippen LogP contribution in [0.3, 0.4) is 0 Å². The van der Waals surface area contributed by atoms with Crippen molar-refractivity contribution in [2.45, 2.75) is 51.1 Å². The molecule has 3 heteroatoms. The fraction of sp³-hybridized carbons (Fsp3) is 0.611. The smallest absolute Gasteiger partial charge is 0.237 e. The molecule has 1 atom stereocenters. The summed E-state index contributed by atoms with van der Waals surface area (Å²) in [6, 6.07) is 11.3. The summed E-state index contributed by atoms with van der Waals surface area (Å²) in [6.07, 6.45) is 5.92. The van der Waals surface area contributed by atoms with Crippen molar-refractivity contribution in [1.29, 1.82) is 0 Å². The Hall–Kier alpha value is -1.35. The van der Waals surface area contributed by atoms with Crippen LogP contribution in [0.2, 0.25) is 0 Å². The lowest BCUT2D eigenvalue weighted by molar-refractivity contribution is -0.126. The van der Waals surface area contributed by atoms with Gasteiger partial charge in [0.2, 0.25) is 5.91 Å². The average molecular weight is 286 g/mol. The molecule has 114 valence electrons.